The van der Waals surface area contributed by atoms with Gasteiger partial charge in [0.05, 0.1) is 12.1 Å². The smallest absolute Gasteiger partial charge is 0.338 e. The predicted octanol–water partition coefficient (Wildman–Crippen LogP) is 3.28. The van der Waals surface area contributed by atoms with E-state index >= 15 is 0 Å². The maximum atomic E-state index is 12.5. The summed E-state index contributed by atoms with van der Waals surface area (Å²) < 4.78 is 42.5. The first kappa shape index (κ1) is 15.5. The molecule has 0 amide bonds. The van der Waals surface area contributed by atoms with Crippen LogP contribution in [0.4, 0.5) is 13.2 Å². The number of aryl methyl sites for hydroxylation is 1. The van der Waals surface area contributed by atoms with E-state index in [4.69, 9.17) is 4.52 Å². The minimum Gasteiger partial charge on any atom is -0.338 e. The van der Waals surface area contributed by atoms with E-state index in [9.17, 15) is 13.2 Å². The minimum absolute atomic E-state index is 0.452. The Labute approximate surface area is 120 Å². The van der Waals surface area contributed by atoms with E-state index in [0.717, 1.165) is 17.7 Å². The van der Waals surface area contributed by atoms with Gasteiger partial charge in [0.1, 0.15) is 0 Å². The molecule has 1 aromatic carbocycles. The van der Waals surface area contributed by atoms with Crippen LogP contribution in [0, 0.1) is 0 Å². The van der Waals surface area contributed by atoms with Gasteiger partial charge in [-0.05, 0) is 24.7 Å². The molecule has 0 aliphatic carbocycles. The van der Waals surface area contributed by atoms with Crippen LogP contribution in [0.3, 0.4) is 0 Å². The lowest BCUT2D eigenvalue weighted by atomic mass is 10.1. The summed E-state index contributed by atoms with van der Waals surface area (Å²) in [6, 6.07) is 5.13. The van der Waals surface area contributed by atoms with Crippen molar-refractivity contribution in [3.8, 4) is 0 Å². The van der Waals surface area contributed by atoms with Crippen molar-refractivity contribution < 1.29 is 17.7 Å². The van der Waals surface area contributed by atoms with Crippen molar-refractivity contribution in [1.82, 2.24) is 15.0 Å². The zero-order valence-corrected chi connectivity index (χ0v) is 11.8. The van der Waals surface area contributed by atoms with Gasteiger partial charge in [-0.3, -0.25) is 4.90 Å². The van der Waals surface area contributed by atoms with E-state index < -0.39 is 11.7 Å². The van der Waals surface area contributed by atoms with E-state index in [1.165, 1.54) is 12.1 Å². The highest BCUT2D eigenvalue weighted by molar-refractivity contribution is 5.24. The van der Waals surface area contributed by atoms with Crippen molar-refractivity contribution >= 4 is 0 Å². The van der Waals surface area contributed by atoms with E-state index in [1.54, 1.807) is 0 Å². The summed E-state index contributed by atoms with van der Waals surface area (Å²) in [7, 11) is 1.84. The molecule has 4 nitrogen and oxygen atoms in total. The maximum absolute atomic E-state index is 12.5. The van der Waals surface area contributed by atoms with Crippen molar-refractivity contribution in [3.05, 3.63) is 47.1 Å². The van der Waals surface area contributed by atoms with Gasteiger partial charge < -0.3 is 4.52 Å². The van der Waals surface area contributed by atoms with Gasteiger partial charge in [0, 0.05) is 13.0 Å². The fourth-order valence-electron chi connectivity index (χ4n) is 1.90. The van der Waals surface area contributed by atoms with Crippen LogP contribution in [0.15, 0.2) is 28.8 Å². The Morgan fingerprint density at radius 3 is 2.33 bits per heavy atom. The van der Waals surface area contributed by atoms with Crippen molar-refractivity contribution in [3.63, 3.8) is 0 Å². The van der Waals surface area contributed by atoms with E-state index in [2.05, 4.69) is 10.1 Å². The fraction of sp³-hybridized carbons (Fsp3) is 0.429. The lowest BCUT2D eigenvalue weighted by molar-refractivity contribution is -0.137. The van der Waals surface area contributed by atoms with E-state index in [-0.39, 0.29) is 0 Å². The standard InChI is InChI=1S/C14H16F3N3O/c1-3-12-18-13(21-19-12)9-20(2)8-10-4-6-11(7-5-10)14(15,16)17/h4-7H,3,8-9H2,1-2H3. The summed E-state index contributed by atoms with van der Waals surface area (Å²) in [5.74, 6) is 1.15. The molecule has 0 fully saturated rings. The van der Waals surface area contributed by atoms with Gasteiger partial charge >= 0.3 is 6.18 Å². The molecule has 0 radical (unpaired) electrons. The van der Waals surface area contributed by atoms with Crippen molar-refractivity contribution in [2.45, 2.75) is 32.6 Å². The lowest BCUT2D eigenvalue weighted by Crippen LogP contribution is -2.17. The first-order valence-corrected chi connectivity index (χ1v) is 6.54. The Morgan fingerprint density at radius 2 is 1.81 bits per heavy atom. The van der Waals surface area contributed by atoms with Crippen molar-refractivity contribution in [2.24, 2.45) is 0 Å². The number of halogens is 3. The van der Waals surface area contributed by atoms with Gasteiger partial charge in [-0.1, -0.05) is 24.2 Å². The molecule has 0 bridgehead atoms. The second kappa shape index (κ2) is 6.26. The molecule has 1 heterocycles. The third-order valence-corrected chi connectivity index (χ3v) is 2.97. The average molecular weight is 299 g/mol. The number of benzene rings is 1. The molecular formula is C14H16F3N3O. The van der Waals surface area contributed by atoms with Crippen LogP contribution in [-0.4, -0.2) is 22.1 Å². The van der Waals surface area contributed by atoms with Crippen LogP contribution in [0.1, 0.15) is 29.8 Å². The summed E-state index contributed by atoms with van der Waals surface area (Å²) in [4.78, 5) is 6.09. The molecule has 114 valence electrons. The van der Waals surface area contributed by atoms with Gasteiger partial charge in [0.25, 0.3) is 0 Å². The third kappa shape index (κ3) is 4.29. The van der Waals surface area contributed by atoms with Crippen LogP contribution in [0.25, 0.3) is 0 Å². The average Bonchev–Trinajstić information content (AvgIpc) is 2.85. The number of hydrogen-bond donors (Lipinski definition) is 0. The van der Waals surface area contributed by atoms with Gasteiger partial charge in [-0.2, -0.15) is 18.2 Å². The van der Waals surface area contributed by atoms with Crippen LogP contribution in [0.2, 0.25) is 0 Å². The van der Waals surface area contributed by atoms with Crippen LogP contribution < -0.4 is 0 Å². The maximum Gasteiger partial charge on any atom is 0.416 e. The summed E-state index contributed by atoms with van der Waals surface area (Å²) in [6.07, 6.45) is -3.60. The van der Waals surface area contributed by atoms with Crippen LogP contribution in [0.5, 0.6) is 0 Å². The molecule has 0 spiro atoms. The number of hydrogen-bond acceptors (Lipinski definition) is 4. The monoisotopic (exact) mass is 299 g/mol. The van der Waals surface area contributed by atoms with Gasteiger partial charge in [0.15, 0.2) is 5.82 Å². The number of rotatable bonds is 5. The molecule has 0 atom stereocenters. The number of aromatic nitrogens is 2. The first-order chi connectivity index (χ1) is 9.88. The van der Waals surface area contributed by atoms with Gasteiger partial charge in [-0.25, -0.2) is 0 Å². The molecular weight excluding hydrogens is 283 g/mol. The van der Waals surface area contributed by atoms with Crippen molar-refractivity contribution in [1.29, 1.82) is 0 Å². The Balaban J connectivity index is 1.94. The summed E-state index contributed by atoms with van der Waals surface area (Å²) in [5.41, 5.74) is 0.152. The molecule has 0 saturated carbocycles. The first-order valence-electron chi connectivity index (χ1n) is 6.54. The quantitative estimate of drug-likeness (QED) is 0.849. The van der Waals surface area contributed by atoms with Gasteiger partial charge in [-0.15, -0.1) is 0 Å². The molecule has 2 rings (SSSR count). The fourth-order valence-corrected chi connectivity index (χ4v) is 1.90. The highest BCUT2D eigenvalue weighted by Gasteiger charge is 2.29. The van der Waals surface area contributed by atoms with E-state index in [1.807, 2.05) is 18.9 Å². The number of nitrogens with zero attached hydrogens (tertiary/aromatic N) is 3. The highest BCUT2D eigenvalue weighted by atomic mass is 19.4. The molecule has 0 N–H and O–H groups in total. The lowest BCUT2D eigenvalue weighted by Gasteiger charge is -2.14. The molecule has 0 aliphatic rings. The second-order valence-electron chi connectivity index (χ2n) is 4.82. The molecule has 0 unspecified atom stereocenters. The highest BCUT2D eigenvalue weighted by Crippen LogP contribution is 2.29. The Kier molecular flexibility index (Phi) is 4.62. The molecule has 2 aromatic rings. The largest absolute Gasteiger partial charge is 0.416 e. The Bertz CT molecular complexity index is 578. The molecule has 0 saturated heterocycles. The predicted molar refractivity (Wildman–Crippen MR) is 70.3 cm³/mol. The minimum atomic E-state index is -4.30. The topological polar surface area (TPSA) is 42.2 Å². The van der Waals surface area contributed by atoms with Gasteiger partial charge in [0.2, 0.25) is 5.89 Å². The second-order valence-corrected chi connectivity index (χ2v) is 4.82. The SMILES string of the molecule is CCc1noc(CN(C)Cc2ccc(C(F)(F)F)cc2)n1. The molecule has 7 heteroatoms. The summed E-state index contributed by atoms with van der Waals surface area (Å²) in [6.45, 7) is 2.89. The molecule has 1 aromatic heterocycles. The Hall–Kier alpha value is -1.89. The molecule has 0 aliphatic heterocycles. The van der Waals surface area contributed by atoms with Crippen molar-refractivity contribution in [2.75, 3.05) is 7.05 Å². The normalized spacial score (nSPS) is 12.1. The molecule has 21 heavy (non-hydrogen) atoms. The zero-order chi connectivity index (χ0) is 15.5. The number of alkyl halides is 3. The summed E-state index contributed by atoms with van der Waals surface area (Å²) in [5, 5.41) is 3.80. The zero-order valence-electron chi connectivity index (χ0n) is 11.8. The third-order valence-electron chi connectivity index (χ3n) is 2.97. The van der Waals surface area contributed by atoms with E-state index in [0.29, 0.717) is 31.2 Å². The van der Waals surface area contributed by atoms with Crippen LogP contribution >= 0.6 is 0 Å². The van der Waals surface area contributed by atoms with Crippen LogP contribution in [-0.2, 0) is 25.7 Å². The summed E-state index contributed by atoms with van der Waals surface area (Å²) >= 11 is 0. The Morgan fingerprint density at radius 1 is 1.14 bits per heavy atom.